The molecule has 9 nitrogen and oxygen atoms in total. The molecular weight excluding hydrogens is 514 g/mol. The Morgan fingerprint density at radius 3 is 2.41 bits per heavy atom. The van der Waals surface area contributed by atoms with Gasteiger partial charge >= 0.3 is 10.0 Å². The van der Waals surface area contributed by atoms with Gasteiger partial charge in [-0.1, -0.05) is 32.0 Å². The summed E-state index contributed by atoms with van der Waals surface area (Å²) >= 11 is 0. The van der Waals surface area contributed by atoms with Crippen molar-refractivity contribution in [2.75, 3.05) is 51.6 Å². The Bertz CT molecular complexity index is 1150. The second kappa shape index (κ2) is 11.0. The number of amides is 1. The summed E-state index contributed by atoms with van der Waals surface area (Å²) < 4.78 is 29.5. The molecule has 2 bridgehead atoms. The first-order chi connectivity index (χ1) is 18.6. The van der Waals surface area contributed by atoms with Gasteiger partial charge in [0.05, 0.1) is 6.61 Å². The van der Waals surface area contributed by atoms with Crippen LogP contribution in [-0.2, 0) is 14.8 Å². The Balaban J connectivity index is 1.43. The quantitative estimate of drug-likeness (QED) is 0.288. The van der Waals surface area contributed by atoms with Crippen molar-refractivity contribution in [2.45, 2.75) is 71.0 Å². The number of sulfonamides is 1. The van der Waals surface area contributed by atoms with Crippen molar-refractivity contribution in [3.8, 4) is 0 Å². The van der Waals surface area contributed by atoms with Gasteiger partial charge in [-0.3, -0.25) is 4.79 Å². The van der Waals surface area contributed by atoms with Crippen molar-refractivity contribution in [3.05, 3.63) is 29.8 Å². The number of hydrogen-bond acceptors (Lipinski definition) is 7. The van der Waals surface area contributed by atoms with Crippen molar-refractivity contribution in [1.29, 1.82) is 0 Å². The monoisotopic (exact) mass is 562 g/mol. The summed E-state index contributed by atoms with van der Waals surface area (Å²) in [6.45, 7) is 10.2. The molecule has 0 aromatic heterocycles. The number of piperazine rings is 1. The van der Waals surface area contributed by atoms with E-state index < -0.39 is 21.5 Å². The number of nitrogens with zero attached hydrogens (tertiary/aromatic N) is 1. The predicted molar refractivity (Wildman–Crippen MR) is 155 cm³/mol. The lowest BCUT2D eigenvalue weighted by molar-refractivity contribution is -0.126. The topological polar surface area (TPSA) is 120 Å². The summed E-state index contributed by atoms with van der Waals surface area (Å²) in [4.78, 5) is 13.5. The minimum atomic E-state index is -3.66. The van der Waals surface area contributed by atoms with Gasteiger partial charge in [-0.25, -0.2) is 0 Å². The third-order valence-corrected chi connectivity index (χ3v) is 13.4. The number of nitrogens with one attached hydrogen (secondary N) is 4. The molecule has 4 fully saturated rings. The van der Waals surface area contributed by atoms with E-state index in [0.29, 0.717) is 32.1 Å². The maximum Gasteiger partial charge on any atom is 0.302 e. The Kier molecular flexibility index (Phi) is 8.18. The van der Waals surface area contributed by atoms with Crippen molar-refractivity contribution >= 4 is 21.6 Å². The number of hydrogen-bond donors (Lipinski definition) is 5. The van der Waals surface area contributed by atoms with Gasteiger partial charge in [0.25, 0.3) is 0 Å². The van der Waals surface area contributed by atoms with Gasteiger partial charge in [0.2, 0.25) is 5.91 Å². The Morgan fingerprint density at radius 2 is 1.77 bits per heavy atom. The molecule has 2 aliphatic carbocycles. The molecule has 2 saturated heterocycles. The molecular formula is C29H48N5O4S+. The highest BCUT2D eigenvalue weighted by molar-refractivity contribution is 7.91. The zero-order chi connectivity index (χ0) is 27.9. The minimum Gasteiger partial charge on any atom is -0.394 e. The lowest BCUT2D eigenvalue weighted by atomic mass is 9.69. The predicted octanol–water partition coefficient (Wildman–Crippen LogP) is 1.25. The zero-order valence-corrected chi connectivity index (χ0v) is 24.7. The van der Waals surface area contributed by atoms with E-state index in [1.165, 1.54) is 0 Å². The lowest BCUT2D eigenvalue weighted by Gasteiger charge is -2.46. The number of quaternary nitrogens is 1. The summed E-state index contributed by atoms with van der Waals surface area (Å²) in [5.41, 5.74) is 1.08. The van der Waals surface area contributed by atoms with E-state index in [0.717, 1.165) is 56.4 Å². The summed E-state index contributed by atoms with van der Waals surface area (Å²) in [5, 5.41) is 23.4. The normalized spacial score (nSPS) is 31.2. The molecule has 10 heteroatoms. The van der Waals surface area contributed by atoms with Gasteiger partial charge in [-0.15, -0.1) is 0 Å². The molecule has 1 aromatic carbocycles. The molecule has 2 aliphatic heterocycles. The zero-order valence-electron chi connectivity index (χ0n) is 23.8. The van der Waals surface area contributed by atoms with Crippen LogP contribution in [-0.4, -0.2) is 89.2 Å². The number of fused-ring (bicyclic) bond motifs is 2. The van der Waals surface area contributed by atoms with Crippen molar-refractivity contribution in [3.63, 3.8) is 0 Å². The van der Waals surface area contributed by atoms with E-state index in [1.54, 1.807) is 0 Å². The summed E-state index contributed by atoms with van der Waals surface area (Å²) in [7, 11) is -3.66. The number of aliphatic hydroxyl groups is 1. The van der Waals surface area contributed by atoms with Gasteiger partial charge in [0, 0.05) is 42.2 Å². The van der Waals surface area contributed by atoms with Crippen LogP contribution in [0.25, 0.3) is 0 Å². The molecule has 0 spiro atoms. The SMILES string of the molecule is Cc1ccccc1[N+]1(S(=O)(=O)CC23CCC(CC2NC(=O)[C@H](CO)NC2CCNCC2)C3(C)C)CCNCC1. The largest absolute Gasteiger partial charge is 0.394 e. The van der Waals surface area contributed by atoms with E-state index in [-0.39, 0.29) is 39.7 Å². The van der Waals surface area contributed by atoms with E-state index in [4.69, 9.17) is 0 Å². The van der Waals surface area contributed by atoms with Gasteiger partial charge in [0.15, 0.2) is 5.69 Å². The van der Waals surface area contributed by atoms with Crippen LogP contribution in [0.15, 0.2) is 24.3 Å². The Morgan fingerprint density at radius 1 is 1.10 bits per heavy atom. The second-order valence-corrected chi connectivity index (χ2v) is 15.1. The summed E-state index contributed by atoms with van der Waals surface area (Å²) in [6.07, 6.45) is 4.38. The highest BCUT2D eigenvalue weighted by atomic mass is 32.2. The third kappa shape index (κ3) is 4.95. The smallest absolute Gasteiger partial charge is 0.302 e. The summed E-state index contributed by atoms with van der Waals surface area (Å²) in [5.74, 6) is 0.193. The standard InChI is InChI=1S/C29H47N5O4S/c1-21-6-4-5-7-25(21)34(16-14-31-15-17-34)39(37,38)20-29-11-8-22(28(29,2)3)18-26(29)33-27(36)24(19-35)32-23-9-12-30-13-10-23/h4-7,22-24,26,30-32,35H,8-20H2,1-3H3/p+1/t22?,24-,26?,29?/m0/s1. The van der Waals surface area contributed by atoms with E-state index in [1.807, 2.05) is 31.2 Å². The van der Waals surface area contributed by atoms with E-state index in [2.05, 4.69) is 35.1 Å². The molecule has 39 heavy (non-hydrogen) atoms. The molecule has 4 atom stereocenters. The first kappa shape index (κ1) is 29.0. The van der Waals surface area contributed by atoms with Crippen LogP contribution >= 0.6 is 0 Å². The maximum absolute atomic E-state index is 14.7. The fraction of sp³-hybridized carbons (Fsp3) is 0.759. The fourth-order valence-corrected chi connectivity index (χ4v) is 11.1. The number of carbonyl (C=O) groups is 1. The highest BCUT2D eigenvalue weighted by Crippen LogP contribution is 2.66. The van der Waals surface area contributed by atoms with Crippen LogP contribution in [0.5, 0.6) is 0 Å². The fourth-order valence-electron chi connectivity index (χ4n) is 8.27. The molecule has 5 N–H and O–H groups in total. The van der Waals surface area contributed by atoms with Crippen molar-refractivity contribution in [2.24, 2.45) is 16.7 Å². The maximum atomic E-state index is 14.7. The molecule has 2 saturated carbocycles. The van der Waals surface area contributed by atoms with E-state index in [9.17, 15) is 18.3 Å². The number of rotatable bonds is 9. The van der Waals surface area contributed by atoms with Crippen LogP contribution in [0.1, 0.15) is 51.5 Å². The number of para-hydroxylation sites is 1. The summed E-state index contributed by atoms with van der Waals surface area (Å²) in [6, 6.07) is 7.14. The number of carbonyl (C=O) groups excluding carboxylic acids is 1. The number of piperidine rings is 1. The number of benzene rings is 1. The van der Waals surface area contributed by atoms with Gasteiger partial charge in [0.1, 0.15) is 24.9 Å². The second-order valence-electron chi connectivity index (χ2n) is 12.9. The van der Waals surface area contributed by atoms with Crippen LogP contribution < -0.4 is 25.2 Å². The number of aliphatic hydroxyl groups excluding tert-OH is 1. The molecule has 218 valence electrons. The van der Waals surface area contributed by atoms with Crippen molar-refractivity contribution < 1.29 is 18.3 Å². The van der Waals surface area contributed by atoms with Crippen molar-refractivity contribution in [1.82, 2.24) is 25.2 Å². The third-order valence-electron chi connectivity index (χ3n) is 10.8. The molecule has 5 rings (SSSR count). The Hall–Kier alpha value is -1.56. The molecule has 1 amide bonds. The lowest BCUT2D eigenvalue weighted by Crippen LogP contribution is -2.66. The van der Waals surface area contributed by atoms with Crippen LogP contribution in [0, 0.1) is 23.7 Å². The molecule has 4 aliphatic rings. The molecule has 0 radical (unpaired) electrons. The average Bonchev–Trinajstić information content (AvgIpc) is 3.27. The molecule has 2 heterocycles. The average molecular weight is 563 g/mol. The van der Waals surface area contributed by atoms with E-state index >= 15 is 0 Å². The van der Waals surface area contributed by atoms with Gasteiger partial charge in [-0.2, -0.15) is 12.3 Å². The van der Waals surface area contributed by atoms with Crippen LogP contribution in [0.3, 0.4) is 0 Å². The first-order valence-electron chi connectivity index (χ1n) is 14.8. The highest BCUT2D eigenvalue weighted by Gasteiger charge is 2.67. The molecule has 1 aromatic rings. The molecule has 3 unspecified atom stereocenters. The Labute approximate surface area is 234 Å². The van der Waals surface area contributed by atoms with Gasteiger partial charge < -0.3 is 26.4 Å². The van der Waals surface area contributed by atoms with Gasteiger partial charge in [-0.05, 0) is 63.5 Å². The first-order valence-corrected chi connectivity index (χ1v) is 16.4. The number of aryl methyl sites for hydroxylation is 1. The van der Waals surface area contributed by atoms with Crippen LogP contribution in [0.2, 0.25) is 0 Å². The van der Waals surface area contributed by atoms with Crippen LogP contribution in [0.4, 0.5) is 5.69 Å². The minimum absolute atomic E-state index is 0.0353.